The monoisotopic (exact) mass is 468 g/mol. The molecular formula is C23H27F3N2O5. The van der Waals surface area contributed by atoms with Crippen molar-refractivity contribution < 1.29 is 37.0 Å². The largest absolute Gasteiger partial charge is 0.490 e. The fourth-order valence-corrected chi connectivity index (χ4v) is 3.08. The zero-order valence-corrected chi connectivity index (χ0v) is 18.6. The molecule has 0 aliphatic carbocycles. The summed E-state index contributed by atoms with van der Waals surface area (Å²) >= 11 is 0. The topological polar surface area (TPSA) is 85.9 Å². The lowest BCUT2D eigenvalue weighted by Gasteiger charge is -2.34. The lowest BCUT2D eigenvalue weighted by Crippen LogP contribution is -2.72. The summed E-state index contributed by atoms with van der Waals surface area (Å²) in [6, 6.07) is 12.3. The SMILES string of the molecule is CCOc1ccc(CCNC(NC(=O)c2ccccc2)(C(=O)OC)C(F)(F)F)cc1OCC. The number of hydrogen-bond donors (Lipinski definition) is 2. The highest BCUT2D eigenvalue weighted by Crippen LogP contribution is 2.31. The molecule has 10 heteroatoms. The van der Waals surface area contributed by atoms with Gasteiger partial charge in [0.15, 0.2) is 11.5 Å². The van der Waals surface area contributed by atoms with Crippen molar-refractivity contribution in [2.45, 2.75) is 32.1 Å². The number of alkyl halides is 3. The second kappa shape index (κ2) is 11.6. The van der Waals surface area contributed by atoms with E-state index in [0.717, 1.165) is 7.11 Å². The molecule has 0 aliphatic heterocycles. The van der Waals surface area contributed by atoms with Crippen LogP contribution in [0, 0.1) is 0 Å². The molecule has 0 heterocycles. The van der Waals surface area contributed by atoms with Gasteiger partial charge in [-0.2, -0.15) is 13.2 Å². The summed E-state index contributed by atoms with van der Waals surface area (Å²) in [4.78, 5) is 24.8. The molecule has 0 spiro atoms. The molecule has 2 aromatic carbocycles. The fourth-order valence-electron chi connectivity index (χ4n) is 3.08. The lowest BCUT2D eigenvalue weighted by atomic mass is 10.1. The molecule has 0 aromatic heterocycles. The number of carbonyl (C=O) groups excluding carboxylic acids is 2. The molecule has 33 heavy (non-hydrogen) atoms. The van der Waals surface area contributed by atoms with Crippen LogP contribution < -0.4 is 20.1 Å². The fraction of sp³-hybridized carbons (Fsp3) is 0.391. The molecular weight excluding hydrogens is 441 g/mol. The lowest BCUT2D eigenvalue weighted by molar-refractivity contribution is -0.217. The number of carbonyl (C=O) groups is 2. The van der Waals surface area contributed by atoms with Crippen LogP contribution in [0.5, 0.6) is 11.5 Å². The molecule has 2 N–H and O–H groups in total. The normalized spacial score (nSPS) is 13.0. The number of halogens is 3. The predicted molar refractivity (Wildman–Crippen MR) is 115 cm³/mol. The Kier molecular flexibility index (Phi) is 9.10. The van der Waals surface area contributed by atoms with Gasteiger partial charge in [-0.25, -0.2) is 4.79 Å². The van der Waals surface area contributed by atoms with Gasteiger partial charge in [0, 0.05) is 12.1 Å². The summed E-state index contributed by atoms with van der Waals surface area (Å²) in [7, 11) is 0.819. The number of benzene rings is 2. The zero-order valence-electron chi connectivity index (χ0n) is 18.6. The molecule has 0 bridgehead atoms. The Labute approximate surface area is 190 Å². The third kappa shape index (κ3) is 6.38. The van der Waals surface area contributed by atoms with E-state index < -0.39 is 23.7 Å². The minimum atomic E-state index is -5.18. The average Bonchev–Trinajstić information content (AvgIpc) is 2.79. The second-order valence-electron chi connectivity index (χ2n) is 6.88. The molecule has 1 amide bonds. The Morgan fingerprint density at radius 1 is 0.939 bits per heavy atom. The minimum Gasteiger partial charge on any atom is -0.490 e. The van der Waals surface area contributed by atoms with Crippen LogP contribution in [-0.2, 0) is 16.0 Å². The summed E-state index contributed by atoms with van der Waals surface area (Å²) in [6.07, 6.45) is -5.08. The van der Waals surface area contributed by atoms with Crippen LogP contribution >= 0.6 is 0 Å². The highest BCUT2D eigenvalue weighted by Gasteiger charge is 2.62. The van der Waals surface area contributed by atoms with Crippen LogP contribution in [0.3, 0.4) is 0 Å². The third-order valence-corrected chi connectivity index (χ3v) is 4.67. The molecule has 1 atom stereocenters. The number of hydrogen-bond acceptors (Lipinski definition) is 6. The Balaban J connectivity index is 2.26. The molecule has 1 unspecified atom stereocenters. The van der Waals surface area contributed by atoms with Gasteiger partial charge in [-0.15, -0.1) is 0 Å². The molecule has 0 fully saturated rings. The molecule has 7 nitrogen and oxygen atoms in total. The summed E-state index contributed by atoms with van der Waals surface area (Å²) in [5, 5.41) is 3.95. The minimum absolute atomic E-state index is 0.0373. The van der Waals surface area contributed by atoms with Crippen LogP contribution in [0.15, 0.2) is 48.5 Å². The van der Waals surface area contributed by atoms with Crippen molar-refractivity contribution in [1.82, 2.24) is 10.6 Å². The average molecular weight is 468 g/mol. The summed E-state index contributed by atoms with van der Waals surface area (Å²) in [6.45, 7) is 4.12. The maximum atomic E-state index is 14.1. The molecule has 0 saturated heterocycles. The van der Waals surface area contributed by atoms with Crippen LogP contribution in [0.1, 0.15) is 29.8 Å². The van der Waals surface area contributed by atoms with E-state index in [1.807, 2.05) is 6.92 Å². The van der Waals surface area contributed by atoms with Gasteiger partial charge in [0.05, 0.1) is 20.3 Å². The number of ether oxygens (including phenoxy) is 3. The van der Waals surface area contributed by atoms with Crippen molar-refractivity contribution in [3.63, 3.8) is 0 Å². The van der Waals surface area contributed by atoms with E-state index in [9.17, 15) is 22.8 Å². The van der Waals surface area contributed by atoms with Gasteiger partial charge >= 0.3 is 12.1 Å². The van der Waals surface area contributed by atoms with E-state index in [1.165, 1.54) is 24.3 Å². The van der Waals surface area contributed by atoms with Crippen molar-refractivity contribution in [3.05, 3.63) is 59.7 Å². The molecule has 0 saturated carbocycles. The first kappa shape index (κ1) is 26.0. The van der Waals surface area contributed by atoms with Gasteiger partial charge in [0.25, 0.3) is 11.6 Å². The van der Waals surface area contributed by atoms with E-state index in [4.69, 9.17) is 9.47 Å². The summed E-state index contributed by atoms with van der Waals surface area (Å²) in [5.41, 5.74) is -2.82. The summed E-state index contributed by atoms with van der Waals surface area (Å²) < 4.78 is 57.7. The van der Waals surface area contributed by atoms with E-state index in [1.54, 1.807) is 36.5 Å². The number of rotatable bonds is 11. The first-order valence-corrected chi connectivity index (χ1v) is 10.3. The van der Waals surface area contributed by atoms with Gasteiger partial charge in [-0.05, 0) is 50.1 Å². The molecule has 0 radical (unpaired) electrons. The van der Waals surface area contributed by atoms with Gasteiger partial charge in [-0.1, -0.05) is 24.3 Å². The van der Waals surface area contributed by atoms with Crippen LogP contribution in [0.25, 0.3) is 0 Å². The van der Waals surface area contributed by atoms with E-state index in [0.29, 0.717) is 30.3 Å². The first-order chi connectivity index (χ1) is 15.7. The van der Waals surface area contributed by atoms with Crippen molar-refractivity contribution in [1.29, 1.82) is 0 Å². The van der Waals surface area contributed by atoms with Crippen LogP contribution in [0.2, 0.25) is 0 Å². The molecule has 2 aromatic rings. The zero-order chi connectivity index (χ0) is 24.5. The number of esters is 1. The van der Waals surface area contributed by atoms with Gasteiger partial charge in [0.2, 0.25) is 0 Å². The Bertz CT molecular complexity index is 937. The molecule has 2 rings (SSSR count). The maximum absolute atomic E-state index is 14.1. The maximum Gasteiger partial charge on any atom is 0.436 e. The van der Waals surface area contributed by atoms with Gasteiger partial charge in [0.1, 0.15) is 0 Å². The van der Waals surface area contributed by atoms with Crippen molar-refractivity contribution in [2.75, 3.05) is 26.9 Å². The van der Waals surface area contributed by atoms with E-state index in [-0.39, 0.29) is 18.5 Å². The standard InChI is InChI=1S/C23H27F3N2O5/c1-4-32-18-12-11-16(15-19(18)33-5-2)13-14-27-22(21(30)31-3,23(24,25)26)28-20(29)17-9-7-6-8-10-17/h6-12,15,27H,4-5,13-14H2,1-3H3,(H,28,29). The van der Waals surface area contributed by atoms with Crippen LogP contribution in [0.4, 0.5) is 13.2 Å². The van der Waals surface area contributed by atoms with E-state index >= 15 is 0 Å². The Hall–Kier alpha value is -3.27. The predicted octanol–water partition coefficient (Wildman–Crippen LogP) is 3.48. The second-order valence-corrected chi connectivity index (χ2v) is 6.88. The van der Waals surface area contributed by atoms with Gasteiger partial charge in [-0.3, -0.25) is 10.1 Å². The number of nitrogens with one attached hydrogen (secondary N) is 2. The van der Waals surface area contributed by atoms with E-state index in [2.05, 4.69) is 10.1 Å². The smallest absolute Gasteiger partial charge is 0.436 e. The van der Waals surface area contributed by atoms with Crippen LogP contribution in [-0.4, -0.2) is 50.6 Å². The Morgan fingerprint density at radius 2 is 1.58 bits per heavy atom. The van der Waals surface area contributed by atoms with Crippen molar-refractivity contribution >= 4 is 11.9 Å². The Morgan fingerprint density at radius 3 is 2.15 bits per heavy atom. The third-order valence-electron chi connectivity index (χ3n) is 4.67. The van der Waals surface area contributed by atoms with Crippen molar-refractivity contribution in [2.24, 2.45) is 0 Å². The molecule has 0 aliphatic rings. The number of methoxy groups -OCH3 is 1. The first-order valence-electron chi connectivity index (χ1n) is 10.3. The summed E-state index contributed by atoms with van der Waals surface area (Å²) in [5.74, 6) is -1.78. The number of amides is 1. The molecule has 180 valence electrons. The highest BCUT2D eigenvalue weighted by atomic mass is 19.4. The van der Waals surface area contributed by atoms with Gasteiger partial charge < -0.3 is 19.5 Å². The van der Waals surface area contributed by atoms with Crippen molar-refractivity contribution in [3.8, 4) is 11.5 Å². The quantitative estimate of drug-likeness (QED) is 0.388. The highest BCUT2D eigenvalue weighted by molar-refractivity contribution is 5.98.